The molecule has 0 atom stereocenters. The fourth-order valence-corrected chi connectivity index (χ4v) is 3.28. The van der Waals surface area contributed by atoms with Gasteiger partial charge in [0, 0.05) is 18.9 Å². The van der Waals surface area contributed by atoms with E-state index in [0.29, 0.717) is 11.3 Å². The van der Waals surface area contributed by atoms with Gasteiger partial charge in [-0.05, 0) is 41.5 Å². The Morgan fingerprint density at radius 2 is 1.63 bits per heavy atom. The van der Waals surface area contributed by atoms with Crippen molar-refractivity contribution in [3.63, 3.8) is 0 Å². The minimum absolute atomic E-state index is 0.0666. The second-order valence-corrected chi connectivity index (χ2v) is 7.51. The number of rotatable bonds is 6. The van der Waals surface area contributed by atoms with Crippen LogP contribution in [0.4, 0.5) is 13.2 Å². The van der Waals surface area contributed by atoms with Crippen LogP contribution in [0.15, 0.2) is 88.7 Å². The molecule has 2 heterocycles. The molecule has 0 aliphatic heterocycles. The number of amides is 1. The van der Waals surface area contributed by atoms with Crippen molar-refractivity contribution in [3.05, 3.63) is 122 Å². The van der Waals surface area contributed by atoms with Gasteiger partial charge in [0.1, 0.15) is 0 Å². The molecule has 0 spiro atoms. The van der Waals surface area contributed by atoms with Crippen molar-refractivity contribution in [2.75, 3.05) is 0 Å². The molecule has 1 amide bonds. The number of nitrogens with zero attached hydrogens (tertiary/aromatic N) is 4. The second-order valence-electron chi connectivity index (χ2n) is 7.51. The van der Waals surface area contributed by atoms with Crippen LogP contribution >= 0.6 is 0 Å². The molecule has 0 radical (unpaired) electrons. The highest BCUT2D eigenvalue weighted by atomic mass is 19.4. The molecule has 2 aromatic heterocycles. The predicted octanol–water partition coefficient (Wildman–Crippen LogP) is 2.79. The Balaban J connectivity index is 1.74. The van der Waals surface area contributed by atoms with E-state index in [1.54, 1.807) is 54.9 Å². The lowest BCUT2D eigenvalue weighted by Crippen LogP contribution is -2.46. The SMILES string of the molecule is O=C(NCc1cccnc1)c1nn(-c2ccccc2)c(=O)n(Cc2ccc(C(F)(F)F)cc2)c1=O. The number of aromatic nitrogens is 4. The highest BCUT2D eigenvalue weighted by Gasteiger charge is 2.30. The van der Waals surface area contributed by atoms with E-state index in [4.69, 9.17) is 0 Å². The normalized spacial score (nSPS) is 11.3. The van der Waals surface area contributed by atoms with Crippen molar-refractivity contribution < 1.29 is 18.0 Å². The maximum atomic E-state index is 13.1. The first-order valence-corrected chi connectivity index (χ1v) is 10.4. The summed E-state index contributed by atoms with van der Waals surface area (Å²) in [6, 6.07) is 15.6. The van der Waals surface area contributed by atoms with Gasteiger partial charge in [-0.15, -0.1) is 0 Å². The van der Waals surface area contributed by atoms with Crippen molar-refractivity contribution in [1.82, 2.24) is 24.6 Å². The van der Waals surface area contributed by atoms with E-state index in [0.717, 1.165) is 21.4 Å². The first kappa shape index (κ1) is 23.6. The number of alkyl halides is 3. The number of hydrogen-bond acceptors (Lipinski definition) is 5. The van der Waals surface area contributed by atoms with E-state index in [1.807, 2.05) is 0 Å². The number of carbonyl (C=O) groups is 1. The first-order chi connectivity index (χ1) is 16.7. The maximum Gasteiger partial charge on any atom is 0.416 e. The average molecular weight is 481 g/mol. The first-order valence-electron chi connectivity index (χ1n) is 10.4. The second kappa shape index (κ2) is 9.75. The fourth-order valence-electron chi connectivity index (χ4n) is 3.28. The number of para-hydroxylation sites is 1. The molecule has 4 rings (SSSR count). The fraction of sp³-hybridized carbons (Fsp3) is 0.125. The topological polar surface area (TPSA) is 98.9 Å². The Kier molecular flexibility index (Phi) is 6.58. The van der Waals surface area contributed by atoms with Gasteiger partial charge in [0.15, 0.2) is 0 Å². The Morgan fingerprint density at radius 3 is 2.26 bits per heavy atom. The summed E-state index contributed by atoms with van der Waals surface area (Å²) in [6.45, 7) is -0.287. The Morgan fingerprint density at radius 1 is 0.914 bits per heavy atom. The van der Waals surface area contributed by atoms with Crippen molar-refractivity contribution in [2.24, 2.45) is 0 Å². The molecule has 4 aromatic rings. The smallest absolute Gasteiger partial charge is 0.346 e. The van der Waals surface area contributed by atoms with Gasteiger partial charge in [-0.1, -0.05) is 36.4 Å². The molecular weight excluding hydrogens is 463 g/mol. The number of nitrogens with one attached hydrogen (secondary N) is 1. The van der Waals surface area contributed by atoms with Gasteiger partial charge < -0.3 is 5.32 Å². The molecule has 0 aliphatic rings. The van der Waals surface area contributed by atoms with Gasteiger partial charge in [0.25, 0.3) is 11.5 Å². The quantitative estimate of drug-likeness (QED) is 0.457. The summed E-state index contributed by atoms with van der Waals surface area (Å²) >= 11 is 0. The van der Waals surface area contributed by atoms with Crippen LogP contribution in [0, 0.1) is 0 Å². The number of carbonyl (C=O) groups excluding carboxylic acids is 1. The summed E-state index contributed by atoms with van der Waals surface area (Å²) in [5.41, 5.74) is -1.95. The molecule has 0 fully saturated rings. The van der Waals surface area contributed by atoms with Crippen LogP contribution in [0.5, 0.6) is 0 Å². The standard InChI is InChI=1S/C24H18F3N5O3/c25-24(26,27)18-10-8-16(9-11-18)15-31-22(34)20(21(33)29-14-17-5-4-12-28-13-17)30-32(23(31)35)19-6-2-1-3-7-19/h1-13H,14-15H2,(H,29,33). The maximum absolute atomic E-state index is 13.1. The van der Waals surface area contributed by atoms with E-state index in [2.05, 4.69) is 15.4 Å². The van der Waals surface area contributed by atoms with E-state index in [-0.39, 0.29) is 18.7 Å². The van der Waals surface area contributed by atoms with Crippen molar-refractivity contribution in [3.8, 4) is 5.69 Å². The van der Waals surface area contributed by atoms with Crippen molar-refractivity contribution in [1.29, 1.82) is 0 Å². The zero-order valence-corrected chi connectivity index (χ0v) is 18.1. The molecule has 0 saturated carbocycles. The van der Waals surface area contributed by atoms with E-state index in [9.17, 15) is 27.6 Å². The van der Waals surface area contributed by atoms with Crippen molar-refractivity contribution in [2.45, 2.75) is 19.3 Å². The van der Waals surface area contributed by atoms with Crippen LogP contribution < -0.4 is 16.6 Å². The molecule has 2 aromatic carbocycles. The summed E-state index contributed by atoms with van der Waals surface area (Å²) < 4.78 is 40.3. The number of hydrogen-bond donors (Lipinski definition) is 1. The zero-order chi connectivity index (χ0) is 25.0. The number of benzene rings is 2. The lowest BCUT2D eigenvalue weighted by atomic mass is 10.1. The average Bonchev–Trinajstić information content (AvgIpc) is 2.86. The number of halogens is 3. The minimum atomic E-state index is -4.52. The Bertz CT molecular complexity index is 1450. The van der Waals surface area contributed by atoms with E-state index in [1.165, 1.54) is 12.1 Å². The zero-order valence-electron chi connectivity index (χ0n) is 18.1. The monoisotopic (exact) mass is 481 g/mol. The summed E-state index contributed by atoms with van der Waals surface area (Å²) in [5.74, 6) is -0.815. The van der Waals surface area contributed by atoms with Gasteiger partial charge in [-0.2, -0.15) is 23.0 Å². The minimum Gasteiger partial charge on any atom is -0.346 e. The molecule has 0 aliphatic carbocycles. The van der Waals surface area contributed by atoms with Crippen LogP contribution in [-0.2, 0) is 19.3 Å². The molecule has 0 saturated heterocycles. The van der Waals surface area contributed by atoms with Gasteiger partial charge in [-0.25, -0.2) is 4.79 Å². The van der Waals surface area contributed by atoms with Gasteiger partial charge in [-0.3, -0.25) is 19.1 Å². The van der Waals surface area contributed by atoms with Crippen LogP contribution in [0.3, 0.4) is 0 Å². The molecule has 178 valence electrons. The third-order valence-electron chi connectivity index (χ3n) is 5.07. The lowest BCUT2D eigenvalue weighted by Gasteiger charge is -2.13. The highest BCUT2D eigenvalue weighted by molar-refractivity contribution is 5.91. The predicted molar refractivity (Wildman–Crippen MR) is 120 cm³/mol. The number of pyridine rings is 1. The molecule has 35 heavy (non-hydrogen) atoms. The molecule has 11 heteroatoms. The molecular formula is C24H18F3N5O3. The van der Waals surface area contributed by atoms with Crippen molar-refractivity contribution >= 4 is 5.91 Å². The van der Waals surface area contributed by atoms with Crippen LogP contribution in [0.1, 0.15) is 27.2 Å². The largest absolute Gasteiger partial charge is 0.416 e. The Labute approximate surface area is 196 Å². The van der Waals surface area contributed by atoms with Gasteiger partial charge >= 0.3 is 11.9 Å². The highest BCUT2D eigenvalue weighted by Crippen LogP contribution is 2.29. The summed E-state index contributed by atoms with van der Waals surface area (Å²) in [7, 11) is 0. The van der Waals surface area contributed by atoms with Crippen LogP contribution in [0.2, 0.25) is 0 Å². The molecule has 0 bridgehead atoms. The van der Waals surface area contributed by atoms with Gasteiger partial charge in [0.05, 0.1) is 17.8 Å². The van der Waals surface area contributed by atoms with Crippen LogP contribution in [-0.4, -0.2) is 25.2 Å². The van der Waals surface area contributed by atoms with E-state index >= 15 is 0 Å². The third kappa shape index (κ3) is 5.35. The Hall–Kier alpha value is -4.54. The van der Waals surface area contributed by atoms with Gasteiger partial charge in [0.2, 0.25) is 5.69 Å². The van der Waals surface area contributed by atoms with E-state index < -0.39 is 34.6 Å². The molecule has 1 N–H and O–H groups in total. The third-order valence-corrected chi connectivity index (χ3v) is 5.07. The molecule has 8 nitrogen and oxygen atoms in total. The van der Waals surface area contributed by atoms with Crippen LogP contribution in [0.25, 0.3) is 5.69 Å². The summed E-state index contributed by atoms with van der Waals surface area (Å²) in [4.78, 5) is 43.0. The summed E-state index contributed by atoms with van der Waals surface area (Å²) in [5, 5.41) is 6.57. The lowest BCUT2D eigenvalue weighted by molar-refractivity contribution is -0.137. The summed E-state index contributed by atoms with van der Waals surface area (Å²) in [6.07, 6.45) is -1.41. The molecule has 0 unspecified atom stereocenters.